The van der Waals surface area contributed by atoms with Gasteiger partial charge < -0.3 is 5.32 Å². The normalized spacial score (nSPS) is 27.2. The van der Waals surface area contributed by atoms with Crippen LogP contribution in [0.5, 0.6) is 0 Å². The third kappa shape index (κ3) is 3.80. The molecule has 1 aliphatic rings. The van der Waals surface area contributed by atoms with Crippen molar-refractivity contribution >= 4 is 0 Å². The smallest absolute Gasteiger partial charge is 0.0543 e. The predicted octanol–water partition coefficient (Wildman–Crippen LogP) is 2.93. The van der Waals surface area contributed by atoms with Gasteiger partial charge in [-0.3, -0.25) is 9.88 Å². The molecule has 2 rings (SSSR count). The summed E-state index contributed by atoms with van der Waals surface area (Å²) in [4.78, 5) is 6.94. The Balaban J connectivity index is 2.02. The zero-order valence-corrected chi connectivity index (χ0v) is 13.3. The predicted molar refractivity (Wildman–Crippen MR) is 84.5 cm³/mol. The molecule has 0 aliphatic heterocycles. The summed E-state index contributed by atoms with van der Waals surface area (Å²) in [6.07, 6.45) is 5.83. The molecule has 1 aromatic heterocycles. The van der Waals surface area contributed by atoms with Crippen molar-refractivity contribution in [2.24, 2.45) is 11.8 Å². The maximum absolute atomic E-state index is 4.46. The lowest BCUT2D eigenvalue weighted by atomic mass is 9.76. The molecule has 0 spiro atoms. The van der Waals surface area contributed by atoms with Crippen LogP contribution in [0.25, 0.3) is 0 Å². The second-order valence-electron chi connectivity index (χ2n) is 6.52. The van der Waals surface area contributed by atoms with Crippen LogP contribution in [0.1, 0.15) is 38.8 Å². The zero-order valence-electron chi connectivity index (χ0n) is 13.3. The SMILES string of the molecule is CNC1CCC(C(C)C)CC1N(C)Cc1ccccn1. The van der Waals surface area contributed by atoms with Crippen LogP contribution in [-0.4, -0.2) is 36.1 Å². The van der Waals surface area contributed by atoms with Crippen molar-refractivity contribution in [3.8, 4) is 0 Å². The van der Waals surface area contributed by atoms with E-state index in [4.69, 9.17) is 0 Å². The molecule has 0 bridgehead atoms. The minimum absolute atomic E-state index is 0.610. The molecule has 112 valence electrons. The van der Waals surface area contributed by atoms with Gasteiger partial charge in [-0.05, 0) is 57.3 Å². The van der Waals surface area contributed by atoms with E-state index in [1.807, 2.05) is 12.3 Å². The summed E-state index contributed by atoms with van der Waals surface area (Å²) in [6.45, 7) is 5.66. The van der Waals surface area contributed by atoms with E-state index >= 15 is 0 Å². The second kappa shape index (κ2) is 7.19. The maximum atomic E-state index is 4.46. The zero-order chi connectivity index (χ0) is 14.5. The summed E-state index contributed by atoms with van der Waals surface area (Å²) in [5.74, 6) is 1.65. The van der Waals surface area contributed by atoms with Gasteiger partial charge in [0.2, 0.25) is 0 Å². The highest BCUT2D eigenvalue weighted by Crippen LogP contribution is 2.32. The number of rotatable bonds is 5. The molecule has 1 aromatic rings. The summed E-state index contributed by atoms with van der Waals surface area (Å²) in [5, 5.41) is 3.52. The molecule has 1 aliphatic carbocycles. The number of hydrogen-bond acceptors (Lipinski definition) is 3. The second-order valence-corrected chi connectivity index (χ2v) is 6.52. The van der Waals surface area contributed by atoms with E-state index in [2.05, 4.69) is 55.3 Å². The number of aromatic nitrogens is 1. The van der Waals surface area contributed by atoms with Gasteiger partial charge in [0.1, 0.15) is 0 Å². The summed E-state index contributed by atoms with van der Waals surface area (Å²) >= 11 is 0. The molecule has 0 aromatic carbocycles. The maximum Gasteiger partial charge on any atom is 0.0543 e. The first kappa shape index (κ1) is 15.5. The number of likely N-dealkylation sites (N-methyl/N-ethyl adjacent to an activating group) is 2. The first-order chi connectivity index (χ1) is 9.61. The standard InChI is InChI=1S/C17H29N3/c1-13(2)14-8-9-16(18-3)17(11-14)20(4)12-15-7-5-6-10-19-15/h5-7,10,13-14,16-18H,8-9,11-12H2,1-4H3. The van der Waals surface area contributed by atoms with Gasteiger partial charge in [0.25, 0.3) is 0 Å². The Hall–Kier alpha value is -0.930. The Bertz CT molecular complexity index is 390. The van der Waals surface area contributed by atoms with Crippen LogP contribution < -0.4 is 5.32 Å². The molecule has 20 heavy (non-hydrogen) atoms. The molecule has 0 saturated heterocycles. The first-order valence-corrected chi connectivity index (χ1v) is 7.89. The fraction of sp³-hybridized carbons (Fsp3) is 0.706. The topological polar surface area (TPSA) is 28.2 Å². The quantitative estimate of drug-likeness (QED) is 0.895. The minimum atomic E-state index is 0.610. The summed E-state index contributed by atoms with van der Waals surface area (Å²) in [5.41, 5.74) is 1.16. The Labute approximate surface area is 123 Å². The first-order valence-electron chi connectivity index (χ1n) is 7.89. The van der Waals surface area contributed by atoms with Crippen molar-refractivity contribution in [1.82, 2.24) is 15.2 Å². The molecule has 3 nitrogen and oxygen atoms in total. The third-order valence-corrected chi connectivity index (χ3v) is 4.87. The van der Waals surface area contributed by atoms with Crippen molar-refractivity contribution in [3.63, 3.8) is 0 Å². The summed E-state index contributed by atoms with van der Waals surface area (Å²) in [6, 6.07) is 7.40. The third-order valence-electron chi connectivity index (χ3n) is 4.87. The largest absolute Gasteiger partial charge is 0.315 e. The van der Waals surface area contributed by atoms with Gasteiger partial charge >= 0.3 is 0 Å². The van der Waals surface area contributed by atoms with Crippen LogP contribution in [0.3, 0.4) is 0 Å². The van der Waals surface area contributed by atoms with Crippen LogP contribution in [0, 0.1) is 11.8 Å². The number of hydrogen-bond donors (Lipinski definition) is 1. The Morgan fingerprint density at radius 2 is 2.15 bits per heavy atom. The van der Waals surface area contributed by atoms with Crippen LogP contribution in [-0.2, 0) is 6.54 Å². The van der Waals surface area contributed by atoms with Gasteiger partial charge in [-0.2, -0.15) is 0 Å². The number of nitrogens with one attached hydrogen (secondary N) is 1. The monoisotopic (exact) mass is 275 g/mol. The van der Waals surface area contributed by atoms with Gasteiger partial charge in [0, 0.05) is 24.8 Å². The molecular weight excluding hydrogens is 246 g/mol. The number of pyridine rings is 1. The van der Waals surface area contributed by atoms with Gasteiger partial charge in [-0.25, -0.2) is 0 Å². The molecule has 0 amide bonds. The molecule has 3 atom stereocenters. The Kier molecular flexibility index (Phi) is 5.55. The fourth-order valence-corrected chi connectivity index (χ4v) is 3.47. The van der Waals surface area contributed by atoms with E-state index in [9.17, 15) is 0 Å². The molecule has 1 saturated carbocycles. The highest BCUT2D eigenvalue weighted by atomic mass is 15.2. The van der Waals surface area contributed by atoms with E-state index in [-0.39, 0.29) is 0 Å². The van der Waals surface area contributed by atoms with Crippen molar-refractivity contribution in [3.05, 3.63) is 30.1 Å². The van der Waals surface area contributed by atoms with E-state index in [1.165, 1.54) is 19.3 Å². The van der Waals surface area contributed by atoms with E-state index in [0.29, 0.717) is 12.1 Å². The van der Waals surface area contributed by atoms with Crippen LogP contribution >= 0.6 is 0 Å². The van der Waals surface area contributed by atoms with Crippen LogP contribution in [0.2, 0.25) is 0 Å². The highest BCUT2D eigenvalue weighted by molar-refractivity contribution is 5.04. The van der Waals surface area contributed by atoms with Crippen molar-refractivity contribution < 1.29 is 0 Å². The molecular formula is C17H29N3. The van der Waals surface area contributed by atoms with Crippen LogP contribution in [0.15, 0.2) is 24.4 Å². The lowest BCUT2D eigenvalue weighted by molar-refractivity contribution is 0.0999. The molecule has 1 fully saturated rings. The fourth-order valence-electron chi connectivity index (χ4n) is 3.47. The van der Waals surface area contributed by atoms with Gasteiger partial charge in [-0.1, -0.05) is 19.9 Å². The Morgan fingerprint density at radius 1 is 1.35 bits per heavy atom. The molecule has 1 heterocycles. The number of nitrogens with zero attached hydrogens (tertiary/aromatic N) is 2. The highest BCUT2D eigenvalue weighted by Gasteiger charge is 2.33. The molecule has 0 radical (unpaired) electrons. The van der Waals surface area contributed by atoms with Crippen molar-refractivity contribution in [1.29, 1.82) is 0 Å². The average Bonchev–Trinajstić information content (AvgIpc) is 2.47. The average molecular weight is 275 g/mol. The lowest BCUT2D eigenvalue weighted by Gasteiger charge is -2.42. The minimum Gasteiger partial charge on any atom is -0.315 e. The van der Waals surface area contributed by atoms with Crippen LogP contribution in [0.4, 0.5) is 0 Å². The molecule has 3 unspecified atom stereocenters. The van der Waals surface area contributed by atoms with E-state index in [0.717, 1.165) is 24.1 Å². The molecule has 3 heteroatoms. The Morgan fingerprint density at radius 3 is 2.75 bits per heavy atom. The van der Waals surface area contributed by atoms with Gasteiger partial charge in [0.05, 0.1) is 5.69 Å². The summed E-state index contributed by atoms with van der Waals surface area (Å²) < 4.78 is 0. The van der Waals surface area contributed by atoms with E-state index < -0.39 is 0 Å². The van der Waals surface area contributed by atoms with Gasteiger partial charge in [0.15, 0.2) is 0 Å². The van der Waals surface area contributed by atoms with E-state index in [1.54, 1.807) is 0 Å². The van der Waals surface area contributed by atoms with Gasteiger partial charge in [-0.15, -0.1) is 0 Å². The van der Waals surface area contributed by atoms with Crippen molar-refractivity contribution in [2.75, 3.05) is 14.1 Å². The summed E-state index contributed by atoms with van der Waals surface area (Å²) in [7, 11) is 4.34. The molecule has 1 N–H and O–H groups in total. The van der Waals surface area contributed by atoms with Crippen molar-refractivity contribution in [2.45, 2.75) is 51.7 Å². The lowest BCUT2D eigenvalue weighted by Crippen LogP contribution is -2.51.